The Morgan fingerprint density at radius 1 is 1.28 bits per heavy atom. The summed E-state index contributed by atoms with van der Waals surface area (Å²) in [7, 11) is 2.98. The normalized spacial score (nSPS) is 12.7. The second-order valence-corrected chi connectivity index (χ2v) is 4.23. The Balaban J connectivity index is 2.92. The maximum absolute atomic E-state index is 11.6. The Labute approximate surface area is 108 Å². The van der Waals surface area contributed by atoms with Gasteiger partial charge in [0.2, 0.25) is 0 Å². The lowest BCUT2D eigenvalue weighted by atomic mass is 10.1. The van der Waals surface area contributed by atoms with Gasteiger partial charge in [0.1, 0.15) is 11.8 Å². The van der Waals surface area contributed by atoms with Gasteiger partial charge in [0.15, 0.2) is 0 Å². The maximum atomic E-state index is 11.6. The summed E-state index contributed by atoms with van der Waals surface area (Å²) in [5.74, 6) is 0.494. The van der Waals surface area contributed by atoms with Crippen LogP contribution in [0.15, 0.2) is 29.3 Å². The van der Waals surface area contributed by atoms with Gasteiger partial charge < -0.3 is 9.47 Å². The van der Waals surface area contributed by atoms with Crippen LogP contribution in [0, 0.1) is 5.92 Å². The summed E-state index contributed by atoms with van der Waals surface area (Å²) in [6.45, 7) is 3.86. The van der Waals surface area contributed by atoms with Crippen molar-refractivity contribution in [3.63, 3.8) is 0 Å². The molecule has 0 unspecified atom stereocenters. The number of carbonyl (C=O) groups is 1. The van der Waals surface area contributed by atoms with E-state index in [2.05, 4.69) is 4.99 Å². The Hall–Kier alpha value is -1.84. The van der Waals surface area contributed by atoms with E-state index < -0.39 is 6.04 Å². The monoisotopic (exact) mass is 249 g/mol. The zero-order valence-corrected chi connectivity index (χ0v) is 11.2. The number of esters is 1. The highest BCUT2D eigenvalue weighted by atomic mass is 16.5. The van der Waals surface area contributed by atoms with Gasteiger partial charge in [-0.25, -0.2) is 4.79 Å². The van der Waals surface area contributed by atoms with Crippen molar-refractivity contribution in [3.05, 3.63) is 29.8 Å². The predicted molar refractivity (Wildman–Crippen MR) is 71.2 cm³/mol. The van der Waals surface area contributed by atoms with Gasteiger partial charge in [-0.1, -0.05) is 26.0 Å². The lowest BCUT2D eigenvalue weighted by molar-refractivity contribution is -0.143. The zero-order chi connectivity index (χ0) is 13.5. The molecule has 4 heteroatoms. The number of methoxy groups -OCH3 is 2. The molecule has 0 aromatic heterocycles. The number of aliphatic imine (C=N–C) groups is 1. The van der Waals surface area contributed by atoms with Gasteiger partial charge >= 0.3 is 5.97 Å². The molecule has 0 saturated heterocycles. The summed E-state index contributed by atoms with van der Waals surface area (Å²) < 4.78 is 9.95. The minimum Gasteiger partial charge on any atom is -0.496 e. The molecule has 0 bridgehead atoms. The number of rotatable bonds is 5. The first-order valence-corrected chi connectivity index (χ1v) is 5.84. The molecule has 0 aliphatic heterocycles. The lowest BCUT2D eigenvalue weighted by Crippen LogP contribution is -2.26. The lowest BCUT2D eigenvalue weighted by Gasteiger charge is -2.13. The topological polar surface area (TPSA) is 47.9 Å². The molecule has 98 valence electrons. The van der Waals surface area contributed by atoms with Crippen LogP contribution in [0.4, 0.5) is 0 Å². The van der Waals surface area contributed by atoms with Crippen molar-refractivity contribution < 1.29 is 14.3 Å². The quantitative estimate of drug-likeness (QED) is 0.594. The third-order valence-electron chi connectivity index (χ3n) is 2.59. The summed E-state index contributed by atoms with van der Waals surface area (Å²) >= 11 is 0. The number of hydrogen-bond acceptors (Lipinski definition) is 4. The summed E-state index contributed by atoms with van der Waals surface area (Å²) in [6, 6.07) is 7.03. The molecule has 0 N–H and O–H groups in total. The van der Waals surface area contributed by atoms with E-state index in [-0.39, 0.29) is 11.9 Å². The first kappa shape index (κ1) is 14.2. The van der Waals surface area contributed by atoms with Crippen LogP contribution in [0.2, 0.25) is 0 Å². The second kappa shape index (κ2) is 6.79. The van der Waals surface area contributed by atoms with Crippen LogP contribution in [-0.2, 0) is 9.53 Å². The van der Waals surface area contributed by atoms with E-state index in [4.69, 9.17) is 9.47 Å². The van der Waals surface area contributed by atoms with E-state index in [1.807, 2.05) is 38.1 Å². The van der Waals surface area contributed by atoms with E-state index >= 15 is 0 Å². The third-order valence-corrected chi connectivity index (χ3v) is 2.59. The van der Waals surface area contributed by atoms with Gasteiger partial charge in [0.05, 0.1) is 14.2 Å². The SMILES string of the molecule is COC(=O)[C@@H](N=Cc1ccccc1OC)C(C)C. The van der Waals surface area contributed by atoms with Crippen LogP contribution in [0.1, 0.15) is 19.4 Å². The molecule has 0 radical (unpaired) electrons. The Morgan fingerprint density at radius 3 is 2.50 bits per heavy atom. The fraction of sp³-hybridized carbons (Fsp3) is 0.429. The number of benzene rings is 1. The highest BCUT2D eigenvalue weighted by Gasteiger charge is 2.21. The number of ether oxygens (including phenoxy) is 2. The van der Waals surface area contributed by atoms with Gasteiger partial charge in [0.25, 0.3) is 0 Å². The smallest absolute Gasteiger partial charge is 0.330 e. The summed E-state index contributed by atoms with van der Waals surface area (Å²) in [5.41, 5.74) is 0.842. The molecule has 0 heterocycles. The van der Waals surface area contributed by atoms with Gasteiger partial charge in [-0.2, -0.15) is 0 Å². The highest BCUT2D eigenvalue weighted by Crippen LogP contribution is 2.16. The molecule has 0 aliphatic rings. The van der Waals surface area contributed by atoms with E-state index in [1.54, 1.807) is 13.3 Å². The molecular weight excluding hydrogens is 230 g/mol. The molecule has 0 fully saturated rings. The Kier molecular flexibility index (Phi) is 5.36. The fourth-order valence-corrected chi connectivity index (χ4v) is 1.56. The predicted octanol–water partition coefficient (Wildman–Crippen LogP) is 2.31. The molecule has 0 amide bonds. The Morgan fingerprint density at radius 2 is 1.94 bits per heavy atom. The highest BCUT2D eigenvalue weighted by molar-refractivity contribution is 5.86. The molecule has 0 aliphatic carbocycles. The van der Waals surface area contributed by atoms with Crippen molar-refractivity contribution >= 4 is 12.2 Å². The number of hydrogen-bond donors (Lipinski definition) is 0. The average molecular weight is 249 g/mol. The van der Waals surface area contributed by atoms with Crippen LogP contribution in [-0.4, -0.2) is 32.4 Å². The molecule has 1 aromatic carbocycles. The maximum Gasteiger partial charge on any atom is 0.330 e. The van der Waals surface area contributed by atoms with Crippen molar-refractivity contribution in [1.82, 2.24) is 0 Å². The molecular formula is C14H19NO3. The van der Waals surface area contributed by atoms with Crippen LogP contribution in [0.3, 0.4) is 0 Å². The van der Waals surface area contributed by atoms with E-state index in [0.29, 0.717) is 0 Å². The van der Waals surface area contributed by atoms with Crippen molar-refractivity contribution in [2.45, 2.75) is 19.9 Å². The van der Waals surface area contributed by atoms with Crippen molar-refractivity contribution in [2.75, 3.05) is 14.2 Å². The van der Waals surface area contributed by atoms with Gasteiger partial charge in [-0.05, 0) is 18.1 Å². The fourth-order valence-electron chi connectivity index (χ4n) is 1.56. The number of nitrogens with zero attached hydrogens (tertiary/aromatic N) is 1. The summed E-state index contributed by atoms with van der Waals surface area (Å²) in [4.78, 5) is 15.9. The van der Waals surface area contributed by atoms with E-state index in [9.17, 15) is 4.79 Å². The summed E-state index contributed by atoms with van der Waals surface area (Å²) in [6.07, 6.45) is 1.65. The second-order valence-electron chi connectivity index (χ2n) is 4.23. The molecule has 1 atom stereocenters. The van der Waals surface area contributed by atoms with Gasteiger partial charge in [-0.3, -0.25) is 4.99 Å². The van der Waals surface area contributed by atoms with Crippen LogP contribution in [0.5, 0.6) is 5.75 Å². The van der Waals surface area contributed by atoms with Crippen molar-refractivity contribution in [2.24, 2.45) is 10.9 Å². The van der Waals surface area contributed by atoms with Crippen LogP contribution in [0.25, 0.3) is 0 Å². The molecule has 4 nitrogen and oxygen atoms in total. The molecule has 0 spiro atoms. The number of carbonyl (C=O) groups excluding carboxylic acids is 1. The average Bonchev–Trinajstić information content (AvgIpc) is 2.38. The molecule has 1 rings (SSSR count). The van der Waals surface area contributed by atoms with Crippen LogP contribution >= 0.6 is 0 Å². The largest absolute Gasteiger partial charge is 0.496 e. The molecule has 1 aromatic rings. The first-order chi connectivity index (χ1) is 8.60. The minimum atomic E-state index is -0.486. The Bertz CT molecular complexity index is 427. The summed E-state index contributed by atoms with van der Waals surface area (Å²) in [5, 5.41) is 0. The zero-order valence-electron chi connectivity index (χ0n) is 11.2. The third kappa shape index (κ3) is 3.58. The van der Waals surface area contributed by atoms with E-state index in [0.717, 1.165) is 11.3 Å². The van der Waals surface area contributed by atoms with Crippen LogP contribution < -0.4 is 4.74 Å². The number of para-hydroxylation sites is 1. The molecule has 0 saturated carbocycles. The minimum absolute atomic E-state index is 0.0865. The standard InChI is InChI=1S/C14H19NO3/c1-10(2)13(14(16)18-4)15-9-11-7-5-6-8-12(11)17-3/h5-10,13H,1-4H3/t13-/m0/s1. The van der Waals surface area contributed by atoms with Gasteiger partial charge in [0, 0.05) is 11.8 Å². The van der Waals surface area contributed by atoms with E-state index in [1.165, 1.54) is 7.11 Å². The van der Waals surface area contributed by atoms with Crippen molar-refractivity contribution in [1.29, 1.82) is 0 Å². The van der Waals surface area contributed by atoms with Gasteiger partial charge in [-0.15, -0.1) is 0 Å². The first-order valence-electron chi connectivity index (χ1n) is 5.84. The van der Waals surface area contributed by atoms with Crippen molar-refractivity contribution in [3.8, 4) is 5.75 Å². The molecule has 18 heavy (non-hydrogen) atoms.